The molecule has 122 valence electrons. The van der Waals surface area contributed by atoms with E-state index in [1.807, 2.05) is 37.3 Å². The lowest BCUT2D eigenvalue weighted by molar-refractivity contribution is -0.146. The summed E-state index contributed by atoms with van der Waals surface area (Å²) >= 11 is 0. The minimum Gasteiger partial charge on any atom is -0.465 e. The van der Waals surface area contributed by atoms with Crippen molar-refractivity contribution in [2.75, 3.05) is 6.61 Å². The van der Waals surface area contributed by atoms with Crippen LogP contribution in [-0.4, -0.2) is 23.6 Å². The van der Waals surface area contributed by atoms with Gasteiger partial charge in [0.25, 0.3) is 0 Å². The van der Waals surface area contributed by atoms with Crippen LogP contribution in [0.5, 0.6) is 0 Å². The average molecular weight is 320 g/mol. The molecule has 4 rings (SSSR count). The molecule has 0 radical (unpaired) electrons. The number of ether oxygens (including phenoxy) is 1. The lowest BCUT2D eigenvalue weighted by Crippen LogP contribution is -2.45. The van der Waals surface area contributed by atoms with E-state index < -0.39 is 0 Å². The van der Waals surface area contributed by atoms with E-state index in [2.05, 4.69) is 34.6 Å². The standard InChI is InChI=1S/C20H20N2O2/c1-2-24-20(23)17-12-15-14-10-6-7-11-16(14)21-19(15)18(22-17)13-8-4-3-5-9-13/h3-11,17-18,21-22H,2,12H2,1H3/t17-,18-/m1/s1. The van der Waals surface area contributed by atoms with Gasteiger partial charge in [0.05, 0.1) is 12.6 Å². The van der Waals surface area contributed by atoms with Crippen LogP contribution in [0.2, 0.25) is 0 Å². The number of hydrogen-bond donors (Lipinski definition) is 2. The van der Waals surface area contributed by atoms with Gasteiger partial charge in [-0.1, -0.05) is 48.5 Å². The van der Waals surface area contributed by atoms with Gasteiger partial charge in [-0.3, -0.25) is 10.1 Å². The summed E-state index contributed by atoms with van der Waals surface area (Å²) in [5.41, 5.74) is 4.59. The van der Waals surface area contributed by atoms with Gasteiger partial charge in [-0.15, -0.1) is 0 Å². The Morgan fingerprint density at radius 1 is 1.12 bits per heavy atom. The first kappa shape index (κ1) is 15.0. The van der Waals surface area contributed by atoms with E-state index in [-0.39, 0.29) is 18.1 Å². The minimum absolute atomic E-state index is 0.0447. The second-order valence-electron chi connectivity index (χ2n) is 6.08. The Balaban J connectivity index is 1.83. The zero-order valence-corrected chi connectivity index (χ0v) is 13.6. The number of benzene rings is 2. The molecule has 2 aromatic carbocycles. The van der Waals surface area contributed by atoms with Crippen molar-refractivity contribution >= 4 is 16.9 Å². The maximum atomic E-state index is 12.3. The van der Waals surface area contributed by atoms with E-state index >= 15 is 0 Å². The van der Waals surface area contributed by atoms with Gasteiger partial charge in [0.2, 0.25) is 0 Å². The largest absolute Gasteiger partial charge is 0.465 e. The van der Waals surface area contributed by atoms with Crippen LogP contribution in [0, 0.1) is 0 Å². The number of carbonyl (C=O) groups excluding carboxylic acids is 1. The first-order valence-corrected chi connectivity index (χ1v) is 8.35. The van der Waals surface area contributed by atoms with E-state index in [9.17, 15) is 4.79 Å². The SMILES string of the molecule is CCOC(=O)[C@H]1Cc2c([nH]c3ccccc23)[C@@H](c2ccccc2)N1. The predicted octanol–water partition coefficient (Wildman–Crippen LogP) is 3.33. The zero-order chi connectivity index (χ0) is 16.5. The molecule has 0 unspecified atom stereocenters. The highest BCUT2D eigenvalue weighted by Gasteiger charge is 2.34. The number of aromatic nitrogens is 1. The monoisotopic (exact) mass is 320 g/mol. The molecule has 1 aromatic heterocycles. The molecule has 0 fully saturated rings. The number of fused-ring (bicyclic) bond motifs is 3. The van der Waals surface area contributed by atoms with Crippen molar-refractivity contribution in [3.8, 4) is 0 Å². The second-order valence-corrected chi connectivity index (χ2v) is 6.08. The molecular formula is C20H20N2O2. The third-order valence-electron chi connectivity index (χ3n) is 4.62. The first-order chi connectivity index (χ1) is 11.8. The Kier molecular flexibility index (Phi) is 3.82. The summed E-state index contributed by atoms with van der Waals surface area (Å²) in [5, 5.41) is 4.65. The third kappa shape index (κ3) is 2.49. The Morgan fingerprint density at radius 2 is 1.88 bits per heavy atom. The quantitative estimate of drug-likeness (QED) is 0.728. The summed E-state index contributed by atoms with van der Waals surface area (Å²) in [6, 6.07) is 18.1. The van der Waals surface area contributed by atoms with Gasteiger partial charge in [-0.05, 0) is 24.1 Å². The normalized spacial score (nSPS) is 19.9. The van der Waals surface area contributed by atoms with E-state index in [4.69, 9.17) is 4.74 Å². The number of H-pyrrole nitrogens is 1. The molecule has 4 nitrogen and oxygen atoms in total. The molecule has 2 atom stereocenters. The number of esters is 1. The number of para-hydroxylation sites is 1. The maximum Gasteiger partial charge on any atom is 0.323 e. The molecule has 0 spiro atoms. The molecule has 0 bridgehead atoms. The van der Waals surface area contributed by atoms with Gasteiger partial charge in [0.1, 0.15) is 6.04 Å². The second kappa shape index (κ2) is 6.13. The average Bonchev–Trinajstić information content (AvgIpc) is 3.00. The minimum atomic E-state index is -0.332. The Bertz CT molecular complexity index is 870. The Morgan fingerprint density at radius 3 is 2.67 bits per heavy atom. The van der Waals surface area contributed by atoms with Crippen molar-refractivity contribution in [3.63, 3.8) is 0 Å². The summed E-state index contributed by atoms with van der Waals surface area (Å²) in [6.45, 7) is 2.24. The van der Waals surface area contributed by atoms with Crippen LogP contribution in [0.1, 0.15) is 29.8 Å². The number of nitrogens with one attached hydrogen (secondary N) is 2. The van der Waals surface area contributed by atoms with Crippen LogP contribution in [0.3, 0.4) is 0 Å². The highest BCUT2D eigenvalue weighted by molar-refractivity contribution is 5.87. The smallest absolute Gasteiger partial charge is 0.323 e. The van der Waals surface area contributed by atoms with Crippen molar-refractivity contribution in [3.05, 3.63) is 71.4 Å². The molecule has 4 heteroatoms. The van der Waals surface area contributed by atoms with Crippen molar-refractivity contribution in [2.24, 2.45) is 0 Å². The molecule has 1 aliphatic rings. The summed E-state index contributed by atoms with van der Waals surface area (Å²) < 4.78 is 5.26. The topological polar surface area (TPSA) is 54.1 Å². The fourth-order valence-electron chi connectivity index (χ4n) is 3.54. The predicted molar refractivity (Wildman–Crippen MR) is 93.8 cm³/mol. The molecule has 0 amide bonds. The molecule has 24 heavy (non-hydrogen) atoms. The van der Waals surface area contributed by atoms with Crippen LogP contribution in [0.4, 0.5) is 0 Å². The van der Waals surface area contributed by atoms with Crippen molar-refractivity contribution < 1.29 is 9.53 Å². The fraction of sp³-hybridized carbons (Fsp3) is 0.250. The molecular weight excluding hydrogens is 300 g/mol. The van der Waals surface area contributed by atoms with Crippen LogP contribution in [0.15, 0.2) is 54.6 Å². The van der Waals surface area contributed by atoms with Crippen LogP contribution < -0.4 is 5.32 Å². The number of rotatable bonds is 3. The third-order valence-corrected chi connectivity index (χ3v) is 4.62. The van der Waals surface area contributed by atoms with Crippen molar-refractivity contribution in [1.29, 1.82) is 0 Å². The Hall–Kier alpha value is -2.59. The van der Waals surface area contributed by atoms with E-state index in [0.29, 0.717) is 13.0 Å². The van der Waals surface area contributed by atoms with Crippen molar-refractivity contribution in [2.45, 2.75) is 25.4 Å². The van der Waals surface area contributed by atoms with Crippen LogP contribution in [-0.2, 0) is 16.0 Å². The number of aromatic amines is 1. The highest BCUT2D eigenvalue weighted by atomic mass is 16.5. The molecule has 0 saturated carbocycles. The van der Waals surface area contributed by atoms with Crippen LogP contribution >= 0.6 is 0 Å². The fourth-order valence-corrected chi connectivity index (χ4v) is 3.54. The van der Waals surface area contributed by atoms with Gasteiger partial charge in [-0.25, -0.2) is 0 Å². The van der Waals surface area contributed by atoms with Gasteiger partial charge in [-0.2, -0.15) is 0 Å². The maximum absolute atomic E-state index is 12.3. The van der Waals surface area contributed by atoms with E-state index in [1.54, 1.807) is 0 Å². The van der Waals surface area contributed by atoms with Gasteiger partial charge >= 0.3 is 5.97 Å². The number of hydrogen-bond acceptors (Lipinski definition) is 3. The molecule has 3 aromatic rings. The van der Waals surface area contributed by atoms with E-state index in [1.165, 1.54) is 10.9 Å². The summed E-state index contributed by atoms with van der Waals surface area (Å²) in [6.07, 6.45) is 0.640. The van der Waals surface area contributed by atoms with Crippen molar-refractivity contribution in [1.82, 2.24) is 10.3 Å². The zero-order valence-electron chi connectivity index (χ0n) is 13.6. The molecule has 2 heterocycles. The molecule has 2 N–H and O–H groups in total. The van der Waals surface area contributed by atoms with Gasteiger partial charge in [0, 0.05) is 23.0 Å². The lowest BCUT2D eigenvalue weighted by Gasteiger charge is -2.30. The number of carbonyl (C=O) groups is 1. The molecule has 0 aliphatic carbocycles. The van der Waals surface area contributed by atoms with Crippen LogP contribution in [0.25, 0.3) is 10.9 Å². The molecule has 1 aliphatic heterocycles. The molecule has 0 saturated heterocycles. The highest BCUT2D eigenvalue weighted by Crippen LogP contribution is 2.35. The summed E-state index contributed by atoms with van der Waals surface area (Å²) in [7, 11) is 0. The van der Waals surface area contributed by atoms with Gasteiger partial charge in [0.15, 0.2) is 0 Å². The van der Waals surface area contributed by atoms with E-state index in [0.717, 1.165) is 16.8 Å². The summed E-state index contributed by atoms with van der Waals surface area (Å²) in [4.78, 5) is 15.9. The summed E-state index contributed by atoms with van der Waals surface area (Å²) in [5.74, 6) is -0.186. The van der Waals surface area contributed by atoms with Gasteiger partial charge < -0.3 is 9.72 Å². The first-order valence-electron chi connectivity index (χ1n) is 8.35. The Labute approximate surface area is 140 Å². The lowest BCUT2D eigenvalue weighted by atomic mass is 9.90.